The Morgan fingerprint density at radius 2 is 1.91 bits per heavy atom. The molecular formula is C15H11N3O3S. The van der Waals surface area contributed by atoms with Crippen molar-refractivity contribution in [3.05, 3.63) is 53.9 Å². The van der Waals surface area contributed by atoms with Gasteiger partial charge in [-0.05, 0) is 30.3 Å². The molecule has 2 heterocycles. The molecular weight excluding hydrogens is 302 g/mol. The number of methoxy groups -OCH3 is 1. The van der Waals surface area contributed by atoms with E-state index in [1.54, 1.807) is 42.7 Å². The summed E-state index contributed by atoms with van der Waals surface area (Å²) in [7, 11) is 1.33. The Labute approximate surface area is 129 Å². The Bertz CT molecular complexity index is 846. The smallest absolute Gasteiger partial charge is 0.337 e. The Kier molecular flexibility index (Phi) is 3.80. The highest BCUT2D eigenvalue weighted by Crippen LogP contribution is 2.27. The zero-order chi connectivity index (χ0) is 15.5. The summed E-state index contributed by atoms with van der Waals surface area (Å²) in [6.07, 6.45) is 3.10. The van der Waals surface area contributed by atoms with Crippen molar-refractivity contribution in [2.24, 2.45) is 0 Å². The molecule has 2 aromatic heterocycles. The molecule has 22 heavy (non-hydrogen) atoms. The molecule has 0 radical (unpaired) electrons. The number of nitrogens with zero attached hydrogens (tertiary/aromatic N) is 2. The van der Waals surface area contributed by atoms with Crippen LogP contribution in [-0.2, 0) is 4.74 Å². The van der Waals surface area contributed by atoms with E-state index < -0.39 is 5.97 Å². The maximum absolute atomic E-state index is 12.1. The summed E-state index contributed by atoms with van der Waals surface area (Å²) in [5.74, 6) is -0.660. The maximum atomic E-state index is 12.1. The lowest BCUT2D eigenvalue weighted by Crippen LogP contribution is -2.11. The predicted octanol–water partition coefficient (Wildman–Crippen LogP) is 2.73. The highest BCUT2D eigenvalue weighted by Gasteiger charge is 2.12. The van der Waals surface area contributed by atoms with Crippen LogP contribution in [0.2, 0.25) is 0 Å². The van der Waals surface area contributed by atoms with Gasteiger partial charge in [-0.1, -0.05) is 11.3 Å². The monoisotopic (exact) mass is 313 g/mol. The van der Waals surface area contributed by atoms with Crippen LogP contribution >= 0.6 is 11.3 Å². The van der Waals surface area contributed by atoms with E-state index in [-0.39, 0.29) is 5.91 Å². The molecule has 0 spiro atoms. The van der Waals surface area contributed by atoms with Crippen LogP contribution in [0.3, 0.4) is 0 Å². The summed E-state index contributed by atoms with van der Waals surface area (Å²) in [4.78, 5) is 31.8. The van der Waals surface area contributed by atoms with Crippen molar-refractivity contribution in [2.75, 3.05) is 12.4 Å². The summed E-state index contributed by atoms with van der Waals surface area (Å²) in [5.41, 5.74) is 1.66. The SMILES string of the molecule is COC(=O)c1ccc2nc(NC(=O)c3ccncc3)sc2c1. The summed E-state index contributed by atoms with van der Waals surface area (Å²) >= 11 is 1.30. The molecule has 0 aliphatic carbocycles. The molecule has 0 bridgehead atoms. The molecule has 0 fully saturated rings. The van der Waals surface area contributed by atoms with Crippen LogP contribution in [0, 0.1) is 0 Å². The second-order valence-electron chi connectivity index (χ2n) is 4.38. The number of carbonyl (C=O) groups excluding carboxylic acids is 2. The van der Waals surface area contributed by atoms with Gasteiger partial charge < -0.3 is 4.74 Å². The quantitative estimate of drug-likeness (QED) is 0.752. The number of rotatable bonds is 3. The van der Waals surface area contributed by atoms with E-state index in [9.17, 15) is 9.59 Å². The third-order valence-electron chi connectivity index (χ3n) is 2.97. The van der Waals surface area contributed by atoms with Crippen LogP contribution in [0.25, 0.3) is 10.2 Å². The van der Waals surface area contributed by atoms with Gasteiger partial charge in [-0.3, -0.25) is 15.1 Å². The number of amides is 1. The van der Waals surface area contributed by atoms with Crippen molar-refractivity contribution >= 4 is 38.6 Å². The van der Waals surface area contributed by atoms with Gasteiger partial charge in [0.1, 0.15) is 0 Å². The molecule has 6 nitrogen and oxygen atoms in total. The Balaban J connectivity index is 1.86. The largest absolute Gasteiger partial charge is 0.465 e. The third kappa shape index (κ3) is 2.79. The van der Waals surface area contributed by atoms with Crippen LogP contribution in [-0.4, -0.2) is 29.0 Å². The van der Waals surface area contributed by atoms with Crippen LogP contribution in [0.1, 0.15) is 20.7 Å². The molecule has 1 N–H and O–H groups in total. The highest BCUT2D eigenvalue weighted by molar-refractivity contribution is 7.22. The summed E-state index contributed by atoms with van der Waals surface area (Å²) < 4.78 is 5.48. The van der Waals surface area contributed by atoms with Gasteiger partial charge in [0.25, 0.3) is 5.91 Å². The number of thiazole rings is 1. The molecule has 1 aromatic carbocycles. The van der Waals surface area contributed by atoms with Crippen molar-refractivity contribution in [3.63, 3.8) is 0 Å². The van der Waals surface area contributed by atoms with Gasteiger partial charge in [0.05, 0.1) is 22.9 Å². The Morgan fingerprint density at radius 1 is 1.14 bits per heavy atom. The number of esters is 1. The van der Waals surface area contributed by atoms with Crippen molar-refractivity contribution < 1.29 is 14.3 Å². The summed E-state index contributed by atoms with van der Waals surface area (Å²) in [5, 5.41) is 3.21. The second kappa shape index (κ2) is 5.90. The van der Waals surface area contributed by atoms with Gasteiger partial charge in [0.2, 0.25) is 0 Å². The van der Waals surface area contributed by atoms with E-state index in [0.717, 1.165) is 4.70 Å². The fraction of sp³-hybridized carbons (Fsp3) is 0.0667. The van der Waals surface area contributed by atoms with Crippen LogP contribution < -0.4 is 5.32 Å². The fourth-order valence-electron chi connectivity index (χ4n) is 1.90. The second-order valence-corrected chi connectivity index (χ2v) is 5.41. The van der Waals surface area contributed by atoms with E-state index in [0.29, 0.717) is 21.8 Å². The fourth-order valence-corrected chi connectivity index (χ4v) is 2.80. The van der Waals surface area contributed by atoms with Crippen LogP contribution in [0.5, 0.6) is 0 Å². The minimum Gasteiger partial charge on any atom is -0.465 e. The number of nitrogens with one attached hydrogen (secondary N) is 1. The first-order chi connectivity index (χ1) is 10.7. The number of fused-ring (bicyclic) bond motifs is 1. The number of carbonyl (C=O) groups is 2. The number of hydrogen-bond donors (Lipinski definition) is 1. The number of anilines is 1. The van der Waals surface area contributed by atoms with E-state index in [2.05, 4.69) is 20.0 Å². The molecule has 0 atom stereocenters. The molecule has 7 heteroatoms. The number of hydrogen-bond acceptors (Lipinski definition) is 6. The van der Waals surface area contributed by atoms with E-state index in [4.69, 9.17) is 0 Å². The first-order valence-electron chi connectivity index (χ1n) is 6.37. The summed E-state index contributed by atoms with van der Waals surface area (Å²) in [6.45, 7) is 0. The number of benzene rings is 1. The Hall–Kier alpha value is -2.80. The number of aromatic nitrogens is 2. The number of ether oxygens (including phenoxy) is 1. The van der Waals surface area contributed by atoms with E-state index >= 15 is 0 Å². The molecule has 110 valence electrons. The average Bonchev–Trinajstić information content (AvgIpc) is 2.96. The Morgan fingerprint density at radius 3 is 2.64 bits per heavy atom. The van der Waals surface area contributed by atoms with Gasteiger partial charge in [-0.15, -0.1) is 0 Å². The lowest BCUT2D eigenvalue weighted by molar-refractivity contribution is 0.0601. The van der Waals surface area contributed by atoms with Gasteiger partial charge in [0, 0.05) is 18.0 Å². The van der Waals surface area contributed by atoms with Gasteiger partial charge >= 0.3 is 5.97 Å². The average molecular weight is 313 g/mol. The van der Waals surface area contributed by atoms with E-state index in [1.807, 2.05) is 0 Å². The van der Waals surface area contributed by atoms with Crippen molar-refractivity contribution in [1.82, 2.24) is 9.97 Å². The lowest BCUT2D eigenvalue weighted by atomic mass is 10.2. The van der Waals surface area contributed by atoms with Gasteiger partial charge in [-0.25, -0.2) is 9.78 Å². The molecule has 3 rings (SSSR count). The molecule has 1 amide bonds. The van der Waals surface area contributed by atoms with Gasteiger partial charge in [0.15, 0.2) is 5.13 Å². The molecule has 0 saturated carbocycles. The lowest BCUT2D eigenvalue weighted by Gasteiger charge is -1.99. The number of pyridine rings is 1. The zero-order valence-corrected chi connectivity index (χ0v) is 12.4. The van der Waals surface area contributed by atoms with E-state index in [1.165, 1.54) is 18.4 Å². The molecule has 3 aromatic rings. The first-order valence-corrected chi connectivity index (χ1v) is 7.19. The van der Waals surface area contributed by atoms with Crippen LogP contribution in [0.15, 0.2) is 42.7 Å². The maximum Gasteiger partial charge on any atom is 0.337 e. The molecule has 0 saturated heterocycles. The minimum absolute atomic E-state index is 0.255. The normalized spacial score (nSPS) is 10.4. The minimum atomic E-state index is -0.405. The topological polar surface area (TPSA) is 81.2 Å². The standard InChI is InChI=1S/C15H11N3O3S/c1-21-14(20)10-2-3-11-12(8-10)22-15(17-11)18-13(19)9-4-6-16-7-5-9/h2-8H,1H3,(H,17,18,19). The third-order valence-corrected chi connectivity index (χ3v) is 3.91. The van der Waals surface area contributed by atoms with Gasteiger partial charge in [-0.2, -0.15) is 0 Å². The molecule has 0 unspecified atom stereocenters. The highest BCUT2D eigenvalue weighted by atomic mass is 32.1. The zero-order valence-electron chi connectivity index (χ0n) is 11.6. The molecule has 0 aliphatic heterocycles. The first kappa shape index (κ1) is 14.2. The van der Waals surface area contributed by atoms with Crippen LogP contribution in [0.4, 0.5) is 5.13 Å². The van der Waals surface area contributed by atoms with Crippen molar-refractivity contribution in [3.8, 4) is 0 Å². The summed E-state index contributed by atoms with van der Waals surface area (Å²) in [6, 6.07) is 8.31. The van der Waals surface area contributed by atoms with Crippen molar-refractivity contribution in [1.29, 1.82) is 0 Å². The van der Waals surface area contributed by atoms with Crippen molar-refractivity contribution in [2.45, 2.75) is 0 Å². The molecule has 0 aliphatic rings. The predicted molar refractivity (Wildman–Crippen MR) is 83.1 cm³/mol.